The second-order valence-corrected chi connectivity index (χ2v) is 5.85. The second-order valence-electron chi connectivity index (χ2n) is 5.85. The highest BCUT2D eigenvalue weighted by Gasteiger charge is 2.33. The van der Waals surface area contributed by atoms with Crippen molar-refractivity contribution in [3.8, 4) is 0 Å². The molecule has 0 N–H and O–H groups in total. The molecule has 2 aliphatic rings. The van der Waals surface area contributed by atoms with Gasteiger partial charge in [0.05, 0.1) is 6.54 Å². The molecule has 0 amide bonds. The zero-order chi connectivity index (χ0) is 12.4. The molecule has 0 bridgehead atoms. The van der Waals surface area contributed by atoms with Crippen molar-refractivity contribution in [1.29, 1.82) is 0 Å². The molecule has 1 aromatic heterocycles. The Kier molecular flexibility index (Phi) is 3.69. The molecule has 0 radical (unpaired) electrons. The fourth-order valence-corrected chi connectivity index (χ4v) is 3.89. The van der Waals surface area contributed by atoms with Gasteiger partial charge in [-0.25, -0.2) is 4.98 Å². The Morgan fingerprint density at radius 1 is 1.22 bits per heavy atom. The minimum atomic E-state index is 0.842. The van der Waals surface area contributed by atoms with E-state index in [4.69, 9.17) is 0 Å². The molecule has 1 aliphatic carbocycles. The maximum Gasteiger partial charge on any atom is 0.122 e. The molecule has 0 unspecified atom stereocenters. The number of likely N-dealkylation sites (tertiary alicyclic amines) is 1. The van der Waals surface area contributed by atoms with Crippen LogP contribution in [-0.4, -0.2) is 27.0 Å². The van der Waals surface area contributed by atoms with Gasteiger partial charge >= 0.3 is 0 Å². The molecule has 3 nitrogen and oxygen atoms in total. The van der Waals surface area contributed by atoms with Crippen molar-refractivity contribution in [1.82, 2.24) is 14.5 Å². The third-order valence-electron chi connectivity index (χ3n) is 4.85. The molecule has 2 atom stereocenters. The zero-order valence-electron chi connectivity index (χ0n) is 11.5. The molecular formula is C15H25N3. The molecule has 2 fully saturated rings. The van der Waals surface area contributed by atoms with Gasteiger partial charge in [0.1, 0.15) is 5.82 Å². The largest absolute Gasteiger partial charge is 0.334 e. The van der Waals surface area contributed by atoms with Crippen LogP contribution in [0, 0.1) is 5.92 Å². The number of piperidine rings is 1. The summed E-state index contributed by atoms with van der Waals surface area (Å²) in [6, 6.07) is 0.842. The third kappa shape index (κ3) is 2.33. The Labute approximate surface area is 110 Å². The van der Waals surface area contributed by atoms with Crippen LogP contribution in [0.3, 0.4) is 0 Å². The van der Waals surface area contributed by atoms with Gasteiger partial charge in [0.25, 0.3) is 0 Å². The van der Waals surface area contributed by atoms with Gasteiger partial charge in [-0.15, -0.1) is 0 Å². The molecule has 1 saturated heterocycles. The number of hydrogen-bond donors (Lipinski definition) is 0. The molecule has 2 heterocycles. The van der Waals surface area contributed by atoms with E-state index >= 15 is 0 Å². The number of aromatic nitrogens is 2. The van der Waals surface area contributed by atoms with Crippen molar-refractivity contribution in [3.63, 3.8) is 0 Å². The number of nitrogens with zero attached hydrogens (tertiary/aromatic N) is 3. The quantitative estimate of drug-likeness (QED) is 0.818. The Hall–Kier alpha value is -0.830. The summed E-state index contributed by atoms with van der Waals surface area (Å²) >= 11 is 0. The smallest absolute Gasteiger partial charge is 0.122 e. The number of rotatable bonds is 3. The Bertz CT molecular complexity index is 383. The van der Waals surface area contributed by atoms with E-state index in [0.29, 0.717) is 0 Å². The first-order chi connectivity index (χ1) is 8.88. The molecular weight excluding hydrogens is 222 g/mol. The normalized spacial score (nSPS) is 29.2. The molecule has 1 saturated carbocycles. The summed E-state index contributed by atoms with van der Waals surface area (Å²) in [6.07, 6.45) is 12.7. The molecule has 100 valence electrons. The van der Waals surface area contributed by atoms with Crippen LogP contribution in [0.1, 0.15) is 51.3 Å². The predicted octanol–water partition coefficient (Wildman–Crippen LogP) is 3.06. The topological polar surface area (TPSA) is 21.1 Å². The van der Waals surface area contributed by atoms with E-state index in [9.17, 15) is 0 Å². The van der Waals surface area contributed by atoms with Gasteiger partial charge in [-0.3, -0.25) is 4.90 Å². The van der Waals surface area contributed by atoms with Crippen molar-refractivity contribution in [2.24, 2.45) is 5.92 Å². The highest BCUT2D eigenvalue weighted by atomic mass is 15.2. The van der Waals surface area contributed by atoms with E-state index in [1.165, 1.54) is 50.9 Å². The summed E-state index contributed by atoms with van der Waals surface area (Å²) in [6.45, 7) is 5.57. The first-order valence-electron chi connectivity index (χ1n) is 7.62. The molecule has 3 heteroatoms. The number of fused-ring (bicyclic) bond motifs is 1. The second kappa shape index (κ2) is 5.43. The molecule has 0 spiro atoms. The van der Waals surface area contributed by atoms with Gasteiger partial charge in [0, 0.05) is 25.0 Å². The Balaban J connectivity index is 1.71. The average Bonchev–Trinajstić information content (AvgIpc) is 2.86. The third-order valence-corrected chi connectivity index (χ3v) is 4.85. The van der Waals surface area contributed by atoms with Gasteiger partial charge in [0.15, 0.2) is 0 Å². The lowest BCUT2D eigenvalue weighted by molar-refractivity contribution is 0.0519. The van der Waals surface area contributed by atoms with Crippen LogP contribution in [0.4, 0.5) is 0 Å². The minimum absolute atomic E-state index is 0.842. The van der Waals surface area contributed by atoms with Crippen LogP contribution in [0.15, 0.2) is 12.4 Å². The van der Waals surface area contributed by atoms with E-state index in [1.807, 2.05) is 6.20 Å². The van der Waals surface area contributed by atoms with Crippen molar-refractivity contribution in [2.75, 3.05) is 6.54 Å². The highest BCUT2D eigenvalue weighted by molar-refractivity contribution is 4.95. The summed E-state index contributed by atoms with van der Waals surface area (Å²) in [7, 11) is 0. The van der Waals surface area contributed by atoms with Crippen molar-refractivity contribution in [2.45, 2.75) is 64.6 Å². The Morgan fingerprint density at radius 2 is 2.06 bits per heavy atom. The summed E-state index contributed by atoms with van der Waals surface area (Å²) < 4.78 is 2.28. The van der Waals surface area contributed by atoms with Crippen molar-refractivity contribution in [3.05, 3.63) is 18.2 Å². The molecule has 3 rings (SSSR count). The fourth-order valence-electron chi connectivity index (χ4n) is 3.89. The molecule has 18 heavy (non-hydrogen) atoms. The fraction of sp³-hybridized carbons (Fsp3) is 0.800. The van der Waals surface area contributed by atoms with Crippen LogP contribution in [0.5, 0.6) is 0 Å². The maximum atomic E-state index is 4.54. The molecule has 1 aromatic rings. The summed E-state index contributed by atoms with van der Waals surface area (Å²) in [5.74, 6) is 2.22. The van der Waals surface area contributed by atoms with Gasteiger partial charge < -0.3 is 4.57 Å². The molecule has 0 aromatic carbocycles. The number of aryl methyl sites for hydroxylation is 1. The van der Waals surface area contributed by atoms with Crippen LogP contribution < -0.4 is 0 Å². The van der Waals surface area contributed by atoms with Crippen molar-refractivity contribution >= 4 is 0 Å². The van der Waals surface area contributed by atoms with Crippen LogP contribution in [0.2, 0.25) is 0 Å². The lowest BCUT2D eigenvalue weighted by Gasteiger charge is -2.44. The van der Waals surface area contributed by atoms with Gasteiger partial charge in [-0.05, 0) is 45.1 Å². The standard InChI is InChI=1S/C15H25N3/c1-2-17-11-9-16-15(17)12-18-10-5-7-13-6-3-4-8-14(13)18/h9,11,13-14H,2-8,10,12H2,1H3/t13-,14-/m0/s1. The lowest BCUT2D eigenvalue weighted by Crippen LogP contribution is -2.46. The Morgan fingerprint density at radius 3 is 2.94 bits per heavy atom. The number of imidazole rings is 1. The van der Waals surface area contributed by atoms with Gasteiger partial charge in [-0.2, -0.15) is 0 Å². The summed E-state index contributed by atoms with van der Waals surface area (Å²) in [5.41, 5.74) is 0. The SMILES string of the molecule is CCn1ccnc1CN1CCC[C@@H]2CCCC[C@@H]21. The highest BCUT2D eigenvalue weighted by Crippen LogP contribution is 2.35. The van der Waals surface area contributed by atoms with Gasteiger partial charge in [-0.1, -0.05) is 12.8 Å². The van der Waals surface area contributed by atoms with E-state index in [1.54, 1.807) is 0 Å². The van der Waals surface area contributed by atoms with Gasteiger partial charge in [0.2, 0.25) is 0 Å². The summed E-state index contributed by atoms with van der Waals surface area (Å²) in [4.78, 5) is 7.25. The minimum Gasteiger partial charge on any atom is -0.334 e. The number of hydrogen-bond acceptors (Lipinski definition) is 2. The van der Waals surface area contributed by atoms with E-state index in [0.717, 1.165) is 25.0 Å². The molecule has 1 aliphatic heterocycles. The zero-order valence-corrected chi connectivity index (χ0v) is 11.5. The average molecular weight is 247 g/mol. The monoisotopic (exact) mass is 247 g/mol. The van der Waals surface area contributed by atoms with E-state index in [-0.39, 0.29) is 0 Å². The first-order valence-corrected chi connectivity index (χ1v) is 7.62. The predicted molar refractivity (Wildman–Crippen MR) is 73.3 cm³/mol. The van der Waals surface area contributed by atoms with Crippen LogP contribution >= 0.6 is 0 Å². The summed E-state index contributed by atoms with van der Waals surface area (Å²) in [5, 5.41) is 0. The van der Waals surface area contributed by atoms with Crippen molar-refractivity contribution < 1.29 is 0 Å². The maximum absolute atomic E-state index is 4.54. The lowest BCUT2D eigenvalue weighted by atomic mass is 9.78. The van der Waals surface area contributed by atoms with E-state index < -0.39 is 0 Å². The van der Waals surface area contributed by atoms with E-state index in [2.05, 4.69) is 27.6 Å². The first kappa shape index (κ1) is 12.2. The van der Waals surface area contributed by atoms with Crippen LogP contribution in [0.25, 0.3) is 0 Å². The van der Waals surface area contributed by atoms with Crippen LogP contribution in [-0.2, 0) is 13.1 Å².